The minimum Gasteiger partial charge on any atom is -0.395 e. The highest BCUT2D eigenvalue weighted by atomic mass is 19.1. The summed E-state index contributed by atoms with van der Waals surface area (Å²) in [7, 11) is 1.55. The molecule has 0 aliphatic carbocycles. The summed E-state index contributed by atoms with van der Waals surface area (Å²) >= 11 is 0. The van der Waals surface area contributed by atoms with Crippen molar-refractivity contribution in [3.63, 3.8) is 0 Å². The summed E-state index contributed by atoms with van der Waals surface area (Å²) in [5.74, 6) is -1.65. The lowest BCUT2D eigenvalue weighted by molar-refractivity contribution is -0.122. The van der Waals surface area contributed by atoms with Crippen LogP contribution in [0.3, 0.4) is 0 Å². The highest BCUT2D eigenvalue weighted by molar-refractivity contribution is 5.86. The molecule has 1 aromatic carbocycles. The first-order chi connectivity index (χ1) is 9.04. The zero-order valence-corrected chi connectivity index (χ0v) is 10.7. The van der Waals surface area contributed by atoms with Gasteiger partial charge >= 0.3 is 0 Å². The molecule has 1 aliphatic heterocycles. The van der Waals surface area contributed by atoms with E-state index in [0.717, 1.165) is 18.9 Å². The number of rotatable bonds is 2. The number of benzene rings is 1. The van der Waals surface area contributed by atoms with Crippen molar-refractivity contribution >= 4 is 17.3 Å². The number of nitrogens with zero attached hydrogens (tertiary/aromatic N) is 1. The molecule has 3 N–H and O–H groups in total. The Labute approximate surface area is 110 Å². The van der Waals surface area contributed by atoms with Crippen LogP contribution >= 0.6 is 0 Å². The van der Waals surface area contributed by atoms with Crippen LogP contribution in [0.5, 0.6) is 0 Å². The summed E-state index contributed by atoms with van der Waals surface area (Å²) in [6.45, 7) is 0.561. The maximum Gasteiger partial charge on any atom is 0.242 e. The first-order valence-corrected chi connectivity index (χ1v) is 6.27. The quantitative estimate of drug-likeness (QED) is 0.803. The van der Waals surface area contributed by atoms with E-state index in [1.807, 2.05) is 0 Å². The van der Waals surface area contributed by atoms with Gasteiger partial charge in [-0.05, 0) is 25.3 Å². The number of hydrogen-bond acceptors (Lipinski definition) is 3. The molecule has 0 bridgehead atoms. The highest BCUT2D eigenvalue weighted by Crippen LogP contribution is 2.32. The Morgan fingerprint density at radius 1 is 1.42 bits per heavy atom. The van der Waals surface area contributed by atoms with Gasteiger partial charge in [0.25, 0.3) is 0 Å². The summed E-state index contributed by atoms with van der Waals surface area (Å²) in [5, 5.41) is 2.57. The molecule has 1 atom stereocenters. The Bertz CT molecular complexity index is 493. The Balaban J connectivity index is 2.40. The molecule has 1 amide bonds. The average Bonchev–Trinajstić information content (AvgIpc) is 2.42. The minimum atomic E-state index is -0.795. The van der Waals surface area contributed by atoms with Crippen molar-refractivity contribution in [2.75, 3.05) is 24.2 Å². The lowest BCUT2D eigenvalue weighted by atomic mass is 10.00. The molecular weight excluding hydrogens is 252 g/mol. The third kappa shape index (κ3) is 2.62. The third-order valence-electron chi connectivity index (χ3n) is 3.43. The maximum absolute atomic E-state index is 13.5. The van der Waals surface area contributed by atoms with Gasteiger partial charge in [0, 0.05) is 19.7 Å². The number of piperidine rings is 1. The number of nitrogens with two attached hydrogens (primary N) is 1. The summed E-state index contributed by atoms with van der Waals surface area (Å²) in [5.41, 5.74) is 5.81. The second-order valence-corrected chi connectivity index (χ2v) is 4.64. The van der Waals surface area contributed by atoms with Gasteiger partial charge in [-0.2, -0.15) is 0 Å². The van der Waals surface area contributed by atoms with E-state index in [1.165, 1.54) is 6.07 Å². The van der Waals surface area contributed by atoms with Crippen molar-refractivity contribution in [3.05, 3.63) is 23.8 Å². The average molecular weight is 269 g/mol. The van der Waals surface area contributed by atoms with Crippen molar-refractivity contribution in [2.45, 2.75) is 25.3 Å². The number of nitrogen functional groups attached to an aromatic ring is 1. The van der Waals surface area contributed by atoms with E-state index in [-0.39, 0.29) is 17.3 Å². The van der Waals surface area contributed by atoms with Crippen LogP contribution in [-0.4, -0.2) is 25.5 Å². The van der Waals surface area contributed by atoms with Crippen LogP contribution in [0.15, 0.2) is 12.1 Å². The fraction of sp³-hybridized carbons (Fsp3) is 0.462. The molecule has 2 rings (SSSR count). The minimum absolute atomic E-state index is 0.114. The molecule has 6 heteroatoms. The summed E-state index contributed by atoms with van der Waals surface area (Å²) in [6, 6.07) is 1.50. The van der Waals surface area contributed by atoms with Crippen LogP contribution in [0.1, 0.15) is 19.3 Å². The molecule has 1 fully saturated rings. The Hall–Kier alpha value is -1.85. The molecule has 0 radical (unpaired) electrons. The number of hydrogen-bond donors (Lipinski definition) is 2. The molecule has 1 unspecified atom stereocenters. The van der Waals surface area contributed by atoms with E-state index < -0.39 is 17.7 Å². The first kappa shape index (κ1) is 13.6. The van der Waals surface area contributed by atoms with Crippen molar-refractivity contribution in [3.8, 4) is 0 Å². The van der Waals surface area contributed by atoms with Gasteiger partial charge in [-0.1, -0.05) is 0 Å². The zero-order chi connectivity index (χ0) is 14.0. The van der Waals surface area contributed by atoms with E-state index in [9.17, 15) is 13.6 Å². The number of amides is 1. The molecule has 1 aliphatic rings. The van der Waals surface area contributed by atoms with E-state index in [2.05, 4.69) is 5.32 Å². The Kier molecular flexibility index (Phi) is 3.87. The first-order valence-electron chi connectivity index (χ1n) is 6.27. The summed E-state index contributed by atoms with van der Waals surface area (Å²) in [4.78, 5) is 13.5. The number of carbonyl (C=O) groups is 1. The predicted molar refractivity (Wildman–Crippen MR) is 69.8 cm³/mol. The van der Waals surface area contributed by atoms with Crippen LogP contribution in [0.2, 0.25) is 0 Å². The van der Waals surface area contributed by atoms with E-state index in [4.69, 9.17) is 5.73 Å². The fourth-order valence-electron chi connectivity index (χ4n) is 2.47. The maximum atomic E-state index is 13.5. The van der Waals surface area contributed by atoms with Gasteiger partial charge in [-0.15, -0.1) is 0 Å². The number of nitrogens with one attached hydrogen (secondary N) is 1. The van der Waals surface area contributed by atoms with Crippen LogP contribution in [-0.2, 0) is 4.79 Å². The van der Waals surface area contributed by atoms with Crippen molar-refractivity contribution in [2.24, 2.45) is 0 Å². The van der Waals surface area contributed by atoms with Crippen LogP contribution in [0, 0.1) is 11.6 Å². The third-order valence-corrected chi connectivity index (χ3v) is 3.43. The summed E-state index contributed by atoms with van der Waals surface area (Å²) < 4.78 is 26.9. The lowest BCUT2D eigenvalue weighted by Gasteiger charge is -2.36. The molecule has 0 spiro atoms. The normalized spacial score (nSPS) is 19.3. The highest BCUT2D eigenvalue weighted by Gasteiger charge is 2.30. The van der Waals surface area contributed by atoms with E-state index in [1.54, 1.807) is 11.9 Å². The van der Waals surface area contributed by atoms with Gasteiger partial charge in [-0.3, -0.25) is 4.79 Å². The molecular formula is C13H17F2N3O. The Morgan fingerprint density at radius 3 is 2.84 bits per heavy atom. The molecule has 0 aromatic heterocycles. The number of carbonyl (C=O) groups excluding carboxylic acids is 1. The van der Waals surface area contributed by atoms with Crippen molar-refractivity contribution < 1.29 is 13.6 Å². The van der Waals surface area contributed by atoms with Gasteiger partial charge in [0.1, 0.15) is 11.9 Å². The van der Waals surface area contributed by atoms with E-state index in [0.29, 0.717) is 13.0 Å². The Morgan fingerprint density at radius 2 is 2.16 bits per heavy atom. The van der Waals surface area contributed by atoms with Crippen molar-refractivity contribution in [1.29, 1.82) is 0 Å². The molecule has 0 saturated carbocycles. The predicted octanol–water partition coefficient (Wildman–Crippen LogP) is 1.65. The second-order valence-electron chi connectivity index (χ2n) is 4.64. The molecule has 104 valence electrons. The zero-order valence-electron chi connectivity index (χ0n) is 10.7. The number of anilines is 2. The van der Waals surface area contributed by atoms with Gasteiger partial charge in [0.2, 0.25) is 5.91 Å². The monoisotopic (exact) mass is 269 g/mol. The second kappa shape index (κ2) is 5.42. The smallest absolute Gasteiger partial charge is 0.242 e. The fourth-order valence-corrected chi connectivity index (χ4v) is 2.47. The molecule has 1 heterocycles. The molecule has 19 heavy (non-hydrogen) atoms. The molecule has 1 aromatic rings. The van der Waals surface area contributed by atoms with Crippen LogP contribution in [0.4, 0.5) is 20.2 Å². The molecule has 1 saturated heterocycles. The SMILES string of the molecule is CNC(=O)C1CCCCN1c1cc(F)cc(F)c1N. The van der Waals surface area contributed by atoms with Gasteiger partial charge in [0.15, 0.2) is 5.82 Å². The van der Waals surface area contributed by atoms with Crippen LogP contribution < -0.4 is 16.0 Å². The topological polar surface area (TPSA) is 58.4 Å². The largest absolute Gasteiger partial charge is 0.395 e. The van der Waals surface area contributed by atoms with Gasteiger partial charge in [0.05, 0.1) is 11.4 Å². The standard InChI is InChI=1S/C13H17F2N3O/c1-17-13(19)10-4-2-3-5-18(10)11-7-8(14)6-9(15)12(11)16/h6-7,10H,2-5,16H2,1H3,(H,17,19). The lowest BCUT2D eigenvalue weighted by Crippen LogP contribution is -2.49. The van der Waals surface area contributed by atoms with Gasteiger partial charge in [-0.25, -0.2) is 8.78 Å². The van der Waals surface area contributed by atoms with Crippen molar-refractivity contribution in [1.82, 2.24) is 5.32 Å². The van der Waals surface area contributed by atoms with Gasteiger partial charge < -0.3 is 16.0 Å². The number of likely N-dealkylation sites (N-methyl/N-ethyl adjacent to an activating group) is 1. The van der Waals surface area contributed by atoms with Crippen LogP contribution in [0.25, 0.3) is 0 Å². The van der Waals surface area contributed by atoms with E-state index >= 15 is 0 Å². The summed E-state index contributed by atoms with van der Waals surface area (Å²) in [6.07, 6.45) is 2.43. The number of halogens is 2. The molecule has 4 nitrogen and oxygen atoms in total.